The number of cyclic esters (lactones) is 1. The van der Waals surface area contributed by atoms with Gasteiger partial charge >= 0.3 is 6.09 Å². The number of rotatable bonds is 4. The van der Waals surface area contributed by atoms with Crippen LogP contribution in [0.1, 0.15) is 32.9 Å². The summed E-state index contributed by atoms with van der Waals surface area (Å²) in [5.41, 5.74) is -3.37. The Balaban J connectivity index is 2.30. The molecule has 0 spiro atoms. The van der Waals surface area contributed by atoms with Crippen LogP contribution in [0.5, 0.6) is 0 Å². The Hall–Kier alpha value is -2.35. The second-order valence-electron chi connectivity index (χ2n) is 3.92. The van der Waals surface area contributed by atoms with Gasteiger partial charge in [-0.15, -0.1) is 0 Å². The zero-order valence-corrected chi connectivity index (χ0v) is 11.4. The summed E-state index contributed by atoms with van der Waals surface area (Å²) in [6, 6.07) is -5.16. The maximum absolute atomic E-state index is 15.9. The molecule has 1 N–H and O–H groups in total. The molecule has 2 aliphatic rings. The first-order valence-corrected chi connectivity index (χ1v) is 5.95. The van der Waals surface area contributed by atoms with E-state index in [1.807, 2.05) is 0 Å². The van der Waals surface area contributed by atoms with Gasteiger partial charge in [0.2, 0.25) is 5.91 Å². The molecule has 130 valence electrons. The maximum atomic E-state index is 15.9. The molecule has 8 heteroatoms. The molecule has 0 saturated carbocycles. The normalized spacial score (nSPS) is 47.8. The first-order valence-electron chi connectivity index (χ1n) is 15.9. The number of benzene rings is 1. The molecular formula is C16H20FN3O4. The Kier molecular flexibility index (Phi) is 1.42. The summed E-state index contributed by atoms with van der Waals surface area (Å²) in [7, 11) is 0. The molecule has 1 aromatic carbocycles. The zero-order chi connectivity index (χ0) is 34.8. The Bertz CT molecular complexity index is 1360. The van der Waals surface area contributed by atoms with Crippen LogP contribution in [0.25, 0.3) is 0 Å². The summed E-state index contributed by atoms with van der Waals surface area (Å²) in [4.78, 5) is 23.8. The molecule has 1 atom stereocenters. The molecular weight excluding hydrogens is 317 g/mol. The number of amides is 2. The van der Waals surface area contributed by atoms with Crippen LogP contribution >= 0.6 is 0 Å². The molecule has 2 heterocycles. The predicted molar refractivity (Wildman–Crippen MR) is 85.7 cm³/mol. The highest BCUT2D eigenvalue weighted by atomic mass is 19.1. The van der Waals surface area contributed by atoms with E-state index < -0.39 is 114 Å². The zero-order valence-electron chi connectivity index (χ0n) is 31.4. The number of nitrogens with zero attached hydrogens (tertiary/aromatic N) is 2. The van der Waals surface area contributed by atoms with E-state index in [9.17, 15) is 9.59 Å². The van der Waals surface area contributed by atoms with Crippen molar-refractivity contribution in [3.63, 3.8) is 0 Å². The van der Waals surface area contributed by atoms with Gasteiger partial charge in [-0.1, -0.05) is 0 Å². The van der Waals surface area contributed by atoms with Gasteiger partial charge in [0.05, 0.1) is 59.4 Å². The van der Waals surface area contributed by atoms with Crippen LogP contribution in [-0.4, -0.2) is 57.2 Å². The first kappa shape index (κ1) is 4.85. The lowest BCUT2D eigenvalue weighted by Gasteiger charge is -2.29. The Morgan fingerprint density at radius 2 is 2.46 bits per heavy atom. The lowest BCUT2D eigenvalue weighted by molar-refractivity contribution is -0.119. The van der Waals surface area contributed by atoms with Gasteiger partial charge in [0, 0.05) is 24.0 Å². The molecule has 2 saturated heterocycles. The molecule has 0 unspecified atom stereocenters. The summed E-state index contributed by atoms with van der Waals surface area (Å²) in [5.74, 6) is -4.55. The Morgan fingerprint density at radius 1 is 1.67 bits per heavy atom. The molecule has 0 bridgehead atoms. The molecule has 0 radical (unpaired) electrons. The number of anilines is 2. The van der Waals surface area contributed by atoms with Crippen molar-refractivity contribution < 1.29 is 50.9 Å². The van der Waals surface area contributed by atoms with E-state index in [0.29, 0.717) is 0 Å². The van der Waals surface area contributed by atoms with Crippen molar-refractivity contribution in [1.82, 2.24) is 5.31 Å². The molecule has 2 amide bonds. The van der Waals surface area contributed by atoms with Crippen LogP contribution in [-0.2, 0) is 14.3 Å². The fraction of sp³-hybridized carbons (Fsp3) is 0.500. The van der Waals surface area contributed by atoms with Crippen LogP contribution in [0.4, 0.5) is 20.6 Å². The van der Waals surface area contributed by atoms with Crippen LogP contribution in [0.3, 0.4) is 0 Å². The van der Waals surface area contributed by atoms with Gasteiger partial charge in [-0.2, -0.15) is 0 Å². The lowest BCUT2D eigenvalue weighted by Crippen LogP contribution is -2.36. The second kappa shape index (κ2) is 7.04. The maximum Gasteiger partial charge on any atom is 0.414 e. The molecule has 2 aliphatic heterocycles. The smallest absolute Gasteiger partial charge is 0.414 e. The van der Waals surface area contributed by atoms with E-state index in [2.05, 4.69) is 9.47 Å². The van der Waals surface area contributed by atoms with Crippen molar-refractivity contribution >= 4 is 23.4 Å². The third-order valence-electron chi connectivity index (χ3n) is 2.44. The van der Waals surface area contributed by atoms with Crippen molar-refractivity contribution in [2.45, 2.75) is 12.9 Å². The van der Waals surface area contributed by atoms with Crippen LogP contribution in [0.2, 0.25) is 1.41 Å². The van der Waals surface area contributed by atoms with Crippen molar-refractivity contribution in [2.75, 3.05) is 48.9 Å². The molecule has 0 aromatic heterocycles. The number of carbonyl (C=O) groups is 2. The minimum Gasteiger partial charge on any atom is -0.442 e. The van der Waals surface area contributed by atoms with E-state index in [4.69, 9.17) is 27.5 Å². The van der Waals surface area contributed by atoms with Gasteiger partial charge in [-0.25, -0.2) is 9.18 Å². The highest BCUT2D eigenvalue weighted by molar-refractivity contribution is 5.90. The van der Waals surface area contributed by atoms with Crippen molar-refractivity contribution in [3.8, 4) is 0 Å². The number of nitrogens with one attached hydrogen (secondary N) is 1. The summed E-state index contributed by atoms with van der Waals surface area (Å²) < 4.78 is 182. The summed E-state index contributed by atoms with van der Waals surface area (Å²) in [6.45, 7) is -27.2. The Morgan fingerprint density at radius 3 is 3.21 bits per heavy atom. The van der Waals surface area contributed by atoms with Gasteiger partial charge in [0.25, 0.3) is 0 Å². The van der Waals surface area contributed by atoms with Gasteiger partial charge in [-0.05, 0) is 18.1 Å². The number of halogens is 1. The average molecular weight is 357 g/mol. The van der Waals surface area contributed by atoms with E-state index in [-0.39, 0.29) is 0 Å². The minimum absolute atomic E-state index is 0.539. The number of hydrogen-bond donors (Lipinski definition) is 1. The topological polar surface area (TPSA) is 71.1 Å². The van der Waals surface area contributed by atoms with Crippen molar-refractivity contribution in [3.05, 3.63) is 23.9 Å². The lowest BCUT2D eigenvalue weighted by atomic mass is 10.2. The molecule has 1 aromatic rings. The fourth-order valence-corrected chi connectivity index (χ4v) is 1.54. The summed E-state index contributed by atoms with van der Waals surface area (Å²) in [5, 5.41) is -1.01. The molecule has 3 rings (SSSR count). The number of hydrogen-bond acceptors (Lipinski definition) is 5. The van der Waals surface area contributed by atoms with Gasteiger partial charge in [0.15, 0.2) is 1.41 Å². The van der Waals surface area contributed by atoms with Crippen LogP contribution in [0.15, 0.2) is 18.1 Å². The minimum atomic E-state index is -4.16. The Labute approximate surface area is 167 Å². The average Bonchev–Trinajstić information content (AvgIpc) is 3.02. The fourth-order valence-electron chi connectivity index (χ4n) is 1.54. The number of ether oxygens (including phenoxy) is 2. The number of carbonyl (C=O) groups excluding carboxylic acids is 2. The largest absolute Gasteiger partial charge is 0.442 e. The van der Waals surface area contributed by atoms with Gasteiger partial charge in [-0.3, -0.25) is 9.69 Å². The van der Waals surface area contributed by atoms with E-state index in [1.165, 1.54) is 0 Å². The monoisotopic (exact) mass is 357 g/mol. The molecule has 7 nitrogen and oxygen atoms in total. The van der Waals surface area contributed by atoms with E-state index in [0.717, 1.165) is 0 Å². The standard InChI is InChI=1S/C16H20FN3O4/c1-11(21)18-9-13-10-20(16(22)24-13)12-2-3-15(14(17)8-12)19-4-6-23-7-5-19/h2-3,8,13H,4-7,9-10H2,1H3,(H,18,21)/t13-/m0/s1/i1D3,2D,3D,4D2,5D2,6D2,7D2,8D,9D2,10D2,13D/hD. The third-order valence-corrected chi connectivity index (χ3v) is 2.44. The quantitative estimate of drug-likeness (QED) is 0.874. The van der Waals surface area contributed by atoms with Crippen molar-refractivity contribution in [1.29, 1.82) is 0 Å². The van der Waals surface area contributed by atoms with Crippen LogP contribution in [0, 0.1) is 5.82 Å². The predicted octanol–water partition coefficient (Wildman–Crippen LogP) is 1.12. The molecule has 0 aliphatic carbocycles. The van der Waals surface area contributed by atoms with Crippen molar-refractivity contribution in [2.24, 2.45) is 0 Å². The van der Waals surface area contributed by atoms with Gasteiger partial charge < -0.3 is 19.7 Å². The molecule has 2 fully saturated rings. The highest BCUT2D eigenvalue weighted by Crippen LogP contribution is 2.28. The summed E-state index contributed by atoms with van der Waals surface area (Å²) >= 11 is 0. The first-order chi connectivity index (χ1) is 19.3. The SMILES string of the molecule is [2H]c1c([2H])c(N2C(=O)O[C@@]([2H])(C([2H])([2H])N([2H])C(=O)C([2H])([2H])[2H])C2([2H])[2H])c([2H])c(F)c1N1C([2H])([2H])C([2H])([2H])OC([2H])([2H])C1([2H])[2H]. The second-order valence-corrected chi connectivity index (χ2v) is 3.92. The third kappa shape index (κ3) is 3.59. The van der Waals surface area contributed by atoms with E-state index in [1.54, 1.807) is 0 Å². The van der Waals surface area contributed by atoms with Crippen LogP contribution < -0.4 is 15.1 Å². The number of morpholine rings is 1. The summed E-state index contributed by atoms with van der Waals surface area (Å²) in [6.07, 6.45) is -6.29. The van der Waals surface area contributed by atoms with E-state index >= 15 is 4.39 Å². The van der Waals surface area contributed by atoms with Gasteiger partial charge in [0.1, 0.15) is 11.9 Å². The highest BCUT2D eigenvalue weighted by Gasteiger charge is 2.32. The molecule has 24 heavy (non-hydrogen) atoms.